The van der Waals surface area contributed by atoms with E-state index >= 15 is 0 Å². The fraction of sp³-hybridized carbons (Fsp3) is 0.533. The number of oxazole rings is 1. The molecule has 1 aromatic carbocycles. The Hall–Kier alpha value is -1.91. The Morgan fingerprint density at radius 2 is 1.90 bits per heavy atom. The highest BCUT2D eigenvalue weighted by Crippen LogP contribution is 2.32. The van der Waals surface area contributed by atoms with Gasteiger partial charge in [0.05, 0.1) is 16.9 Å². The monoisotopic (exact) mass is 277 g/mol. The Morgan fingerprint density at radius 1 is 1.25 bits per heavy atom. The highest BCUT2D eigenvalue weighted by atomic mass is 16.4. The molecule has 0 aliphatic rings. The molecule has 0 spiro atoms. The molecule has 0 aliphatic carbocycles. The largest absolute Gasteiger partial charge is 0.417 e. The smallest absolute Gasteiger partial charge is 0.408 e. The molecule has 20 heavy (non-hydrogen) atoms. The Labute approximate surface area is 118 Å². The van der Waals surface area contributed by atoms with E-state index in [2.05, 4.69) is 44.9 Å². The van der Waals surface area contributed by atoms with E-state index in [4.69, 9.17) is 10.2 Å². The lowest BCUT2D eigenvalue weighted by molar-refractivity contribution is 0.302. The van der Waals surface area contributed by atoms with E-state index in [-0.39, 0.29) is 11.0 Å². The molecular formula is C15H23N3O2. The van der Waals surface area contributed by atoms with E-state index < -0.39 is 5.76 Å². The van der Waals surface area contributed by atoms with Crippen molar-refractivity contribution in [2.45, 2.75) is 46.6 Å². The van der Waals surface area contributed by atoms with E-state index in [0.29, 0.717) is 16.8 Å². The highest BCUT2D eigenvalue weighted by molar-refractivity contribution is 5.85. The van der Waals surface area contributed by atoms with Gasteiger partial charge < -0.3 is 15.5 Å². The first-order valence-electron chi connectivity index (χ1n) is 6.76. The summed E-state index contributed by atoms with van der Waals surface area (Å²) in [6.07, 6.45) is 0.985. The van der Waals surface area contributed by atoms with Crippen molar-refractivity contribution in [2.75, 3.05) is 11.1 Å². The van der Waals surface area contributed by atoms with Crippen molar-refractivity contribution in [3.63, 3.8) is 0 Å². The third-order valence-corrected chi connectivity index (χ3v) is 3.04. The number of rotatable bonds is 3. The van der Waals surface area contributed by atoms with Gasteiger partial charge in [-0.2, -0.15) is 0 Å². The van der Waals surface area contributed by atoms with Gasteiger partial charge in [-0.05, 0) is 31.7 Å². The van der Waals surface area contributed by atoms with Gasteiger partial charge in [0.15, 0.2) is 5.58 Å². The second-order valence-electron chi connectivity index (χ2n) is 7.20. The first kappa shape index (κ1) is 14.5. The van der Waals surface area contributed by atoms with Crippen LogP contribution in [0.4, 0.5) is 11.4 Å². The first-order valence-corrected chi connectivity index (χ1v) is 6.76. The number of hydrogen-bond donors (Lipinski definition) is 3. The number of benzene rings is 1. The van der Waals surface area contributed by atoms with Crippen molar-refractivity contribution < 1.29 is 4.42 Å². The van der Waals surface area contributed by atoms with Gasteiger partial charge in [-0.1, -0.05) is 20.8 Å². The number of hydrogen-bond acceptors (Lipinski definition) is 4. The maximum Gasteiger partial charge on any atom is 0.417 e. The molecule has 1 heterocycles. The summed E-state index contributed by atoms with van der Waals surface area (Å²) in [5, 5.41) is 3.46. The number of H-pyrrole nitrogens is 1. The second-order valence-corrected chi connectivity index (χ2v) is 7.20. The molecule has 0 bridgehead atoms. The molecule has 1 aromatic heterocycles. The van der Waals surface area contributed by atoms with Crippen LogP contribution in [0.25, 0.3) is 11.1 Å². The molecule has 4 N–H and O–H groups in total. The molecule has 2 aromatic rings. The zero-order valence-corrected chi connectivity index (χ0v) is 12.8. The highest BCUT2D eigenvalue weighted by Gasteiger charge is 2.26. The number of anilines is 2. The number of aromatic nitrogens is 1. The van der Waals surface area contributed by atoms with Crippen LogP contribution in [-0.2, 0) is 0 Å². The molecule has 5 nitrogen and oxygen atoms in total. The van der Waals surface area contributed by atoms with Crippen LogP contribution in [0.3, 0.4) is 0 Å². The predicted molar refractivity (Wildman–Crippen MR) is 83.0 cm³/mol. The van der Waals surface area contributed by atoms with Gasteiger partial charge in [0.25, 0.3) is 0 Å². The standard InChI is InChI=1S/C15H23N3O2/c1-14(2,3)8-15(4,5)18-10-7-11-12(6-9(10)16)20-13(19)17-11/h6-7,18H,8,16H2,1-5H3,(H,17,19). The first-order chi connectivity index (χ1) is 9.06. The lowest BCUT2D eigenvalue weighted by Crippen LogP contribution is -2.35. The fourth-order valence-electron chi connectivity index (χ4n) is 2.86. The summed E-state index contributed by atoms with van der Waals surface area (Å²) in [4.78, 5) is 13.8. The zero-order chi connectivity index (χ0) is 15.1. The van der Waals surface area contributed by atoms with Crippen molar-refractivity contribution >= 4 is 22.5 Å². The van der Waals surface area contributed by atoms with Crippen LogP contribution in [0, 0.1) is 5.41 Å². The molecule has 0 saturated heterocycles. The Bertz CT molecular complexity index is 674. The molecule has 2 rings (SSSR count). The minimum absolute atomic E-state index is 0.107. The Kier molecular flexibility index (Phi) is 3.32. The van der Waals surface area contributed by atoms with Crippen LogP contribution >= 0.6 is 0 Å². The molecular weight excluding hydrogens is 254 g/mol. The van der Waals surface area contributed by atoms with E-state index in [1.165, 1.54) is 0 Å². The predicted octanol–water partition coefficient (Wildman–Crippen LogP) is 3.33. The van der Waals surface area contributed by atoms with Gasteiger partial charge in [0.1, 0.15) is 0 Å². The van der Waals surface area contributed by atoms with Gasteiger partial charge in [-0.25, -0.2) is 4.79 Å². The number of nitrogens with two attached hydrogens (primary N) is 1. The average molecular weight is 277 g/mol. The molecule has 0 saturated carbocycles. The number of fused-ring (bicyclic) bond motifs is 1. The summed E-state index contributed by atoms with van der Waals surface area (Å²) in [5.74, 6) is -0.467. The topological polar surface area (TPSA) is 84.0 Å². The van der Waals surface area contributed by atoms with Crippen LogP contribution < -0.4 is 16.8 Å². The summed E-state index contributed by atoms with van der Waals surface area (Å²) < 4.78 is 5.00. The van der Waals surface area contributed by atoms with Crippen molar-refractivity contribution in [2.24, 2.45) is 5.41 Å². The fourth-order valence-corrected chi connectivity index (χ4v) is 2.86. The van der Waals surface area contributed by atoms with Crippen molar-refractivity contribution in [1.29, 1.82) is 0 Å². The van der Waals surface area contributed by atoms with Gasteiger partial charge in [0.2, 0.25) is 0 Å². The van der Waals surface area contributed by atoms with Crippen LogP contribution in [0.2, 0.25) is 0 Å². The van der Waals surface area contributed by atoms with Gasteiger partial charge in [-0.3, -0.25) is 4.98 Å². The number of nitrogens with one attached hydrogen (secondary N) is 2. The molecule has 0 atom stereocenters. The van der Waals surface area contributed by atoms with Crippen LogP contribution in [0.5, 0.6) is 0 Å². The average Bonchev–Trinajstić information content (AvgIpc) is 2.53. The van der Waals surface area contributed by atoms with E-state index in [1.807, 2.05) is 6.07 Å². The van der Waals surface area contributed by atoms with E-state index in [9.17, 15) is 4.79 Å². The summed E-state index contributed by atoms with van der Waals surface area (Å²) in [5.41, 5.74) is 8.64. The van der Waals surface area contributed by atoms with Crippen LogP contribution in [0.1, 0.15) is 41.0 Å². The second kappa shape index (κ2) is 4.58. The zero-order valence-electron chi connectivity index (χ0n) is 12.8. The molecule has 5 heteroatoms. The molecule has 0 aliphatic heterocycles. The van der Waals surface area contributed by atoms with Crippen LogP contribution in [0.15, 0.2) is 21.3 Å². The van der Waals surface area contributed by atoms with E-state index in [0.717, 1.165) is 12.1 Å². The summed E-state index contributed by atoms with van der Waals surface area (Å²) in [7, 11) is 0. The minimum Gasteiger partial charge on any atom is -0.408 e. The summed E-state index contributed by atoms with van der Waals surface area (Å²) in [6.45, 7) is 10.9. The lowest BCUT2D eigenvalue weighted by Gasteiger charge is -2.34. The van der Waals surface area contributed by atoms with Crippen molar-refractivity contribution in [1.82, 2.24) is 4.98 Å². The summed E-state index contributed by atoms with van der Waals surface area (Å²) in [6, 6.07) is 3.49. The molecule has 0 radical (unpaired) electrons. The number of aromatic amines is 1. The quantitative estimate of drug-likeness (QED) is 0.751. The Balaban J connectivity index is 2.33. The van der Waals surface area contributed by atoms with Crippen molar-refractivity contribution in [3.05, 3.63) is 22.7 Å². The summed E-state index contributed by atoms with van der Waals surface area (Å²) >= 11 is 0. The SMILES string of the molecule is CC(C)(C)CC(C)(C)Nc1cc2[nH]c(=O)oc2cc1N. The molecule has 0 unspecified atom stereocenters. The minimum atomic E-state index is -0.467. The van der Waals surface area contributed by atoms with Gasteiger partial charge in [-0.15, -0.1) is 0 Å². The van der Waals surface area contributed by atoms with Crippen molar-refractivity contribution in [3.8, 4) is 0 Å². The lowest BCUT2D eigenvalue weighted by atomic mass is 9.81. The third-order valence-electron chi connectivity index (χ3n) is 3.04. The third kappa shape index (κ3) is 3.35. The normalized spacial score (nSPS) is 12.8. The Morgan fingerprint density at radius 3 is 2.50 bits per heavy atom. The number of nitrogen functional groups attached to an aromatic ring is 1. The molecule has 0 fully saturated rings. The van der Waals surface area contributed by atoms with Gasteiger partial charge >= 0.3 is 5.76 Å². The van der Waals surface area contributed by atoms with E-state index in [1.54, 1.807) is 6.07 Å². The molecule has 110 valence electrons. The molecule has 0 amide bonds. The maximum absolute atomic E-state index is 11.2. The van der Waals surface area contributed by atoms with Gasteiger partial charge in [0, 0.05) is 11.6 Å². The maximum atomic E-state index is 11.2. The van der Waals surface area contributed by atoms with Crippen LogP contribution in [-0.4, -0.2) is 10.5 Å².